The number of hydrogen-bond donors (Lipinski definition) is 1. The Morgan fingerprint density at radius 1 is 1.26 bits per heavy atom. The lowest BCUT2D eigenvalue weighted by Crippen LogP contribution is -2.15. The van der Waals surface area contributed by atoms with Gasteiger partial charge in [-0.2, -0.15) is 0 Å². The maximum absolute atomic E-state index is 6.10. The topological polar surface area (TPSA) is 24.9 Å². The molecule has 1 saturated carbocycles. The predicted octanol–water partition coefficient (Wildman–Crippen LogP) is 4.14. The van der Waals surface area contributed by atoms with Gasteiger partial charge < -0.3 is 5.32 Å². The summed E-state index contributed by atoms with van der Waals surface area (Å²) in [6.07, 6.45) is 4.42. The van der Waals surface area contributed by atoms with Crippen LogP contribution in [0.1, 0.15) is 18.4 Å². The largest absolute Gasteiger partial charge is 0.310 e. The summed E-state index contributed by atoms with van der Waals surface area (Å²) in [5, 5.41) is 5.31. The molecule has 0 bridgehead atoms. The molecule has 1 N–H and O–H groups in total. The first-order valence-corrected chi connectivity index (χ1v) is 7.61. The second-order valence-electron chi connectivity index (χ2n) is 4.68. The van der Waals surface area contributed by atoms with E-state index in [9.17, 15) is 0 Å². The monoisotopic (exact) mass is 290 g/mol. The molecule has 1 aromatic carbocycles. The van der Waals surface area contributed by atoms with Gasteiger partial charge >= 0.3 is 0 Å². The molecule has 2 nitrogen and oxygen atoms in total. The number of halogens is 1. The molecule has 98 valence electrons. The summed E-state index contributed by atoms with van der Waals surface area (Å²) in [6.45, 7) is 0.900. The Labute approximate surface area is 122 Å². The first kappa shape index (κ1) is 13.0. The summed E-state index contributed by atoms with van der Waals surface area (Å²) < 4.78 is 0. The fourth-order valence-corrected chi connectivity index (χ4v) is 3.01. The maximum atomic E-state index is 6.10. The van der Waals surface area contributed by atoms with Gasteiger partial charge in [-0.1, -0.05) is 35.5 Å². The van der Waals surface area contributed by atoms with E-state index in [1.165, 1.54) is 23.3 Å². The first-order valence-electron chi connectivity index (χ1n) is 6.42. The molecular weight excluding hydrogens is 276 g/mol. The van der Waals surface area contributed by atoms with Crippen LogP contribution in [0.2, 0.25) is 5.02 Å². The van der Waals surface area contributed by atoms with Crippen molar-refractivity contribution in [1.29, 1.82) is 0 Å². The van der Waals surface area contributed by atoms with Gasteiger partial charge in [0.1, 0.15) is 5.03 Å². The van der Waals surface area contributed by atoms with Crippen molar-refractivity contribution < 1.29 is 0 Å². The minimum absolute atomic E-state index is 0.711. The Morgan fingerprint density at radius 3 is 2.89 bits per heavy atom. The Balaban J connectivity index is 1.78. The lowest BCUT2D eigenvalue weighted by molar-refractivity contribution is 0.680. The number of nitrogens with one attached hydrogen (secondary N) is 1. The van der Waals surface area contributed by atoms with E-state index in [2.05, 4.69) is 16.4 Å². The van der Waals surface area contributed by atoms with Crippen molar-refractivity contribution >= 4 is 23.4 Å². The van der Waals surface area contributed by atoms with Crippen LogP contribution in [0.25, 0.3) is 0 Å². The van der Waals surface area contributed by atoms with Crippen LogP contribution in [-0.4, -0.2) is 11.0 Å². The molecule has 1 heterocycles. The van der Waals surface area contributed by atoms with Crippen LogP contribution in [0.15, 0.2) is 52.5 Å². The van der Waals surface area contributed by atoms with Crippen molar-refractivity contribution in [2.45, 2.75) is 35.3 Å². The fourth-order valence-electron chi connectivity index (χ4n) is 1.83. The van der Waals surface area contributed by atoms with Crippen molar-refractivity contribution in [2.24, 2.45) is 0 Å². The van der Waals surface area contributed by atoms with E-state index in [1.54, 1.807) is 11.8 Å². The van der Waals surface area contributed by atoms with E-state index in [0.717, 1.165) is 16.6 Å². The smallest absolute Gasteiger partial charge is 0.101 e. The fraction of sp³-hybridized carbons (Fsp3) is 0.267. The summed E-state index contributed by atoms with van der Waals surface area (Å²) in [4.78, 5) is 5.53. The first-order chi connectivity index (χ1) is 9.31. The van der Waals surface area contributed by atoms with Gasteiger partial charge in [0.2, 0.25) is 0 Å². The highest BCUT2D eigenvalue weighted by atomic mass is 35.5. The molecule has 0 atom stereocenters. The van der Waals surface area contributed by atoms with Crippen LogP contribution >= 0.6 is 23.4 Å². The van der Waals surface area contributed by atoms with Crippen LogP contribution in [0, 0.1) is 0 Å². The van der Waals surface area contributed by atoms with Gasteiger partial charge in [-0.05, 0) is 42.7 Å². The highest BCUT2D eigenvalue weighted by molar-refractivity contribution is 7.99. The maximum Gasteiger partial charge on any atom is 0.101 e. The summed E-state index contributed by atoms with van der Waals surface area (Å²) in [5.41, 5.74) is 1.28. The quantitative estimate of drug-likeness (QED) is 0.896. The Kier molecular flexibility index (Phi) is 4.06. The Morgan fingerprint density at radius 2 is 2.16 bits per heavy atom. The van der Waals surface area contributed by atoms with Crippen molar-refractivity contribution in [3.8, 4) is 0 Å². The van der Waals surface area contributed by atoms with Crippen LogP contribution in [0.5, 0.6) is 0 Å². The van der Waals surface area contributed by atoms with E-state index >= 15 is 0 Å². The van der Waals surface area contributed by atoms with Gasteiger partial charge in [-0.3, -0.25) is 0 Å². The van der Waals surface area contributed by atoms with Gasteiger partial charge in [0, 0.05) is 28.7 Å². The van der Waals surface area contributed by atoms with E-state index in [-0.39, 0.29) is 0 Å². The minimum atomic E-state index is 0.711. The molecule has 3 rings (SSSR count). The third-order valence-corrected chi connectivity index (χ3v) is 4.33. The van der Waals surface area contributed by atoms with Gasteiger partial charge in [0.25, 0.3) is 0 Å². The third-order valence-electron chi connectivity index (χ3n) is 3.04. The van der Waals surface area contributed by atoms with Crippen LogP contribution < -0.4 is 5.32 Å². The van der Waals surface area contributed by atoms with Crippen molar-refractivity contribution in [2.75, 3.05) is 0 Å². The molecule has 2 aromatic rings. The van der Waals surface area contributed by atoms with Crippen LogP contribution in [-0.2, 0) is 6.54 Å². The average Bonchev–Trinajstić information content (AvgIpc) is 3.23. The van der Waals surface area contributed by atoms with Crippen LogP contribution in [0.4, 0.5) is 0 Å². The summed E-state index contributed by atoms with van der Waals surface area (Å²) >= 11 is 7.77. The third kappa shape index (κ3) is 3.72. The molecule has 0 spiro atoms. The standard InChI is InChI=1S/C15H15ClN2S/c16-12-5-4-11(10-18-13-6-7-13)14(9-12)19-15-3-1-2-8-17-15/h1-5,8-9,13,18H,6-7,10H2. The zero-order valence-electron chi connectivity index (χ0n) is 10.5. The number of nitrogens with zero attached hydrogens (tertiary/aromatic N) is 1. The molecule has 0 radical (unpaired) electrons. The Bertz CT molecular complexity index is 555. The minimum Gasteiger partial charge on any atom is -0.310 e. The molecule has 0 unspecified atom stereocenters. The normalized spacial score (nSPS) is 14.6. The second kappa shape index (κ2) is 5.95. The van der Waals surface area contributed by atoms with E-state index < -0.39 is 0 Å². The lowest BCUT2D eigenvalue weighted by Gasteiger charge is -2.10. The molecule has 1 fully saturated rings. The zero-order valence-corrected chi connectivity index (χ0v) is 12.0. The van der Waals surface area contributed by atoms with Gasteiger partial charge in [-0.25, -0.2) is 4.98 Å². The molecule has 0 amide bonds. The number of aromatic nitrogens is 1. The van der Waals surface area contributed by atoms with Gasteiger partial charge in [-0.15, -0.1) is 0 Å². The number of pyridine rings is 1. The highest BCUT2D eigenvalue weighted by Gasteiger charge is 2.20. The number of rotatable bonds is 5. The van der Waals surface area contributed by atoms with E-state index in [4.69, 9.17) is 11.6 Å². The Hall–Kier alpha value is -1.03. The average molecular weight is 291 g/mol. The molecule has 0 saturated heterocycles. The van der Waals surface area contributed by atoms with Crippen molar-refractivity contribution in [3.63, 3.8) is 0 Å². The van der Waals surface area contributed by atoms with Crippen LogP contribution in [0.3, 0.4) is 0 Å². The zero-order chi connectivity index (χ0) is 13.1. The highest BCUT2D eigenvalue weighted by Crippen LogP contribution is 2.31. The van der Waals surface area contributed by atoms with Crippen molar-refractivity contribution in [1.82, 2.24) is 10.3 Å². The summed E-state index contributed by atoms with van der Waals surface area (Å²) in [7, 11) is 0. The summed E-state index contributed by atoms with van der Waals surface area (Å²) in [5.74, 6) is 0. The molecule has 4 heteroatoms. The molecule has 19 heavy (non-hydrogen) atoms. The SMILES string of the molecule is Clc1ccc(CNC2CC2)c(Sc2ccccn2)c1. The molecule has 1 aromatic heterocycles. The van der Waals surface area contributed by atoms with Gasteiger partial charge in [0.05, 0.1) is 0 Å². The second-order valence-corrected chi connectivity index (χ2v) is 6.18. The van der Waals surface area contributed by atoms with Crippen molar-refractivity contribution in [3.05, 3.63) is 53.2 Å². The van der Waals surface area contributed by atoms with E-state index in [0.29, 0.717) is 6.04 Å². The molecule has 1 aliphatic carbocycles. The summed E-state index contributed by atoms with van der Waals surface area (Å²) in [6, 6.07) is 12.7. The number of hydrogen-bond acceptors (Lipinski definition) is 3. The number of benzene rings is 1. The predicted molar refractivity (Wildman–Crippen MR) is 79.7 cm³/mol. The molecule has 0 aliphatic heterocycles. The molecular formula is C15H15ClN2S. The van der Waals surface area contributed by atoms with Gasteiger partial charge in [0.15, 0.2) is 0 Å². The molecule has 1 aliphatic rings. The lowest BCUT2D eigenvalue weighted by atomic mass is 10.2. The van der Waals surface area contributed by atoms with E-state index in [1.807, 2.05) is 36.5 Å².